The smallest absolute Gasteiger partial charge is 0.253 e. The lowest BCUT2D eigenvalue weighted by molar-refractivity contribution is 0.0793. The number of nitriles is 1. The highest BCUT2D eigenvalue weighted by Gasteiger charge is 2.19. The monoisotopic (exact) mass is 399 g/mol. The van der Waals surface area contributed by atoms with Crippen LogP contribution in [0.4, 0.5) is 0 Å². The van der Waals surface area contributed by atoms with Crippen LogP contribution in [-0.2, 0) is 0 Å². The molecule has 0 radical (unpaired) electrons. The normalized spacial score (nSPS) is 13.7. The molecule has 29 heavy (non-hydrogen) atoms. The highest BCUT2D eigenvalue weighted by atomic mass is 32.1. The molecule has 1 amide bonds. The Morgan fingerprint density at radius 2 is 1.69 bits per heavy atom. The second-order valence-corrected chi connectivity index (χ2v) is 7.97. The zero-order valence-electron chi connectivity index (χ0n) is 15.6. The summed E-state index contributed by atoms with van der Waals surface area (Å²) >= 11 is 1.51. The zero-order valence-corrected chi connectivity index (χ0v) is 16.4. The van der Waals surface area contributed by atoms with Crippen LogP contribution in [0.2, 0.25) is 0 Å². The van der Waals surface area contributed by atoms with Gasteiger partial charge in [0.15, 0.2) is 0 Å². The van der Waals surface area contributed by atoms with Crippen molar-refractivity contribution in [3.8, 4) is 27.9 Å². The maximum Gasteiger partial charge on any atom is 0.253 e. The Hall–Kier alpha value is -3.50. The summed E-state index contributed by atoms with van der Waals surface area (Å²) in [4.78, 5) is 19.7. The first-order valence-corrected chi connectivity index (χ1v) is 10.3. The van der Waals surface area contributed by atoms with E-state index in [9.17, 15) is 4.79 Å². The van der Waals surface area contributed by atoms with Gasteiger partial charge in [-0.15, -0.1) is 0 Å². The number of amides is 1. The molecule has 1 fully saturated rings. The number of hydrogen-bond acceptors (Lipinski definition) is 5. The molecule has 3 heterocycles. The minimum absolute atomic E-state index is 0.103. The molecule has 0 spiro atoms. The van der Waals surface area contributed by atoms with E-state index in [4.69, 9.17) is 10.4 Å². The van der Waals surface area contributed by atoms with Crippen molar-refractivity contribution in [2.75, 3.05) is 13.1 Å². The molecule has 142 valence electrons. The van der Waals surface area contributed by atoms with Crippen molar-refractivity contribution in [2.24, 2.45) is 0 Å². The summed E-state index contributed by atoms with van der Waals surface area (Å²) in [6.45, 7) is 1.70. The van der Waals surface area contributed by atoms with Crippen molar-refractivity contribution in [3.05, 3.63) is 65.9 Å². The fourth-order valence-corrected chi connectivity index (χ4v) is 4.46. The fraction of sp³-hybridized carbons (Fsp3) is 0.182. The van der Waals surface area contributed by atoms with Crippen molar-refractivity contribution in [1.82, 2.24) is 19.5 Å². The van der Waals surface area contributed by atoms with E-state index in [-0.39, 0.29) is 5.91 Å². The van der Waals surface area contributed by atoms with E-state index in [1.807, 2.05) is 45.8 Å². The number of imidazole rings is 1. The van der Waals surface area contributed by atoms with Gasteiger partial charge < -0.3 is 4.90 Å². The van der Waals surface area contributed by atoms with Crippen LogP contribution < -0.4 is 0 Å². The van der Waals surface area contributed by atoms with Crippen molar-refractivity contribution >= 4 is 22.2 Å². The van der Waals surface area contributed by atoms with E-state index in [1.54, 1.807) is 18.3 Å². The summed E-state index contributed by atoms with van der Waals surface area (Å²) in [7, 11) is 0. The summed E-state index contributed by atoms with van der Waals surface area (Å²) in [5.41, 5.74) is 4.14. The molecule has 0 N–H and O–H groups in total. The summed E-state index contributed by atoms with van der Waals surface area (Å²) in [6.07, 6.45) is 3.97. The second-order valence-electron chi connectivity index (χ2n) is 7.01. The number of benzene rings is 2. The van der Waals surface area contributed by atoms with Crippen LogP contribution in [0.1, 0.15) is 28.8 Å². The molecule has 1 saturated heterocycles. The third-order valence-corrected chi connectivity index (χ3v) is 6.14. The van der Waals surface area contributed by atoms with Gasteiger partial charge in [0.05, 0.1) is 23.5 Å². The number of likely N-dealkylation sites (tertiary alicyclic amines) is 1. The molecule has 1 aliphatic heterocycles. The van der Waals surface area contributed by atoms with Gasteiger partial charge in [-0.2, -0.15) is 10.4 Å². The molecule has 0 bridgehead atoms. The van der Waals surface area contributed by atoms with Gasteiger partial charge in [0.2, 0.25) is 4.96 Å². The Morgan fingerprint density at radius 1 is 1.00 bits per heavy atom. The Bertz CT molecular complexity index is 1230. The third-order valence-electron chi connectivity index (χ3n) is 5.17. The Morgan fingerprint density at radius 3 is 2.38 bits per heavy atom. The maximum atomic E-state index is 12.5. The van der Waals surface area contributed by atoms with Gasteiger partial charge in [-0.3, -0.25) is 4.79 Å². The number of nitrogens with zero attached hydrogens (tertiary/aromatic N) is 5. The number of hydrogen-bond donors (Lipinski definition) is 0. The molecule has 2 aromatic carbocycles. The van der Waals surface area contributed by atoms with Gasteiger partial charge in [-0.25, -0.2) is 9.50 Å². The predicted molar refractivity (Wildman–Crippen MR) is 112 cm³/mol. The quantitative estimate of drug-likeness (QED) is 0.517. The number of rotatable bonds is 3. The first kappa shape index (κ1) is 17.6. The SMILES string of the molecule is N#Cc1ccc(-c2cnc3sc(-c4ccc(C(=O)N5CCCC5)cc4)nn23)cc1. The van der Waals surface area contributed by atoms with Crippen LogP contribution in [0.5, 0.6) is 0 Å². The maximum absolute atomic E-state index is 12.5. The van der Waals surface area contributed by atoms with Crippen LogP contribution in [0, 0.1) is 11.3 Å². The molecule has 1 aliphatic rings. The lowest BCUT2D eigenvalue weighted by Gasteiger charge is -2.15. The van der Waals surface area contributed by atoms with Crippen molar-refractivity contribution in [3.63, 3.8) is 0 Å². The molecular weight excluding hydrogens is 382 g/mol. The third kappa shape index (κ3) is 3.18. The topological polar surface area (TPSA) is 74.3 Å². The van der Waals surface area contributed by atoms with Crippen molar-refractivity contribution in [1.29, 1.82) is 5.26 Å². The van der Waals surface area contributed by atoms with Gasteiger partial charge in [0.25, 0.3) is 5.91 Å². The van der Waals surface area contributed by atoms with Gasteiger partial charge in [-0.05, 0) is 37.1 Å². The van der Waals surface area contributed by atoms with Gasteiger partial charge in [-0.1, -0.05) is 35.6 Å². The first-order chi connectivity index (χ1) is 14.2. The lowest BCUT2D eigenvalue weighted by atomic mass is 10.1. The Labute approximate surface area is 171 Å². The van der Waals surface area contributed by atoms with Crippen LogP contribution in [-0.4, -0.2) is 38.5 Å². The molecule has 2 aromatic heterocycles. The van der Waals surface area contributed by atoms with Gasteiger partial charge in [0, 0.05) is 29.8 Å². The van der Waals surface area contributed by atoms with Gasteiger partial charge in [0.1, 0.15) is 5.01 Å². The molecular formula is C22H17N5OS. The standard InChI is InChI=1S/C22H17N5OS/c23-13-15-3-5-16(6-4-15)19-14-24-22-27(19)25-20(29-22)17-7-9-18(10-8-17)21(28)26-11-1-2-12-26/h3-10,14H,1-2,11-12H2. The van der Waals surface area contributed by atoms with Crippen molar-refractivity contribution < 1.29 is 4.79 Å². The van der Waals surface area contributed by atoms with Crippen LogP contribution in [0.15, 0.2) is 54.7 Å². The predicted octanol–water partition coefficient (Wildman–Crippen LogP) is 4.23. The van der Waals surface area contributed by atoms with E-state index in [0.717, 1.165) is 58.3 Å². The summed E-state index contributed by atoms with van der Waals surface area (Å²) < 4.78 is 1.82. The Balaban J connectivity index is 1.44. The number of aromatic nitrogens is 3. The summed E-state index contributed by atoms with van der Waals surface area (Å²) in [5.74, 6) is 0.103. The Kier molecular flexibility index (Phi) is 4.34. The number of fused-ring (bicyclic) bond motifs is 1. The van der Waals surface area contributed by atoms with Crippen molar-refractivity contribution in [2.45, 2.75) is 12.8 Å². The fourth-order valence-electron chi connectivity index (χ4n) is 3.58. The van der Waals surface area contributed by atoms with Gasteiger partial charge >= 0.3 is 0 Å². The first-order valence-electron chi connectivity index (χ1n) is 9.48. The summed E-state index contributed by atoms with van der Waals surface area (Å²) in [5, 5.41) is 14.5. The van der Waals surface area contributed by atoms with E-state index in [0.29, 0.717) is 5.56 Å². The molecule has 0 aliphatic carbocycles. The molecule has 0 atom stereocenters. The largest absolute Gasteiger partial charge is 0.339 e. The average molecular weight is 399 g/mol. The number of carbonyl (C=O) groups is 1. The average Bonchev–Trinajstić information content (AvgIpc) is 3.51. The minimum Gasteiger partial charge on any atom is -0.339 e. The van der Waals surface area contributed by atoms with Crippen LogP contribution in [0.25, 0.3) is 26.8 Å². The molecule has 4 aromatic rings. The number of carbonyl (C=O) groups excluding carboxylic acids is 1. The van der Waals surface area contributed by atoms with E-state index >= 15 is 0 Å². The molecule has 0 unspecified atom stereocenters. The van der Waals surface area contributed by atoms with Crippen LogP contribution in [0.3, 0.4) is 0 Å². The molecule has 5 rings (SSSR count). The highest BCUT2D eigenvalue weighted by Crippen LogP contribution is 2.29. The van der Waals surface area contributed by atoms with E-state index in [1.165, 1.54) is 11.3 Å². The molecule has 0 saturated carbocycles. The van der Waals surface area contributed by atoms with Crippen LogP contribution >= 0.6 is 11.3 Å². The molecule has 7 heteroatoms. The zero-order chi connectivity index (χ0) is 19.8. The summed E-state index contributed by atoms with van der Waals surface area (Å²) in [6, 6.07) is 17.2. The second kappa shape index (κ2) is 7.15. The highest BCUT2D eigenvalue weighted by molar-refractivity contribution is 7.19. The molecule has 6 nitrogen and oxygen atoms in total. The van der Waals surface area contributed by atoms with E-state index < -0.39 is 0 Å². The van der Waals surface area contributed by atoms with E-state index in [2.05, 4.69) is 11.1 Å². The lowest BCUT2D eigenvalue weighted by Crippen LogP contribution is -2.27. The minimum atomic E-state index is 0.103.